The number of aromatic nitrogens is 2. The van der Waals surface area contributed by atoms with Crippen molar-refractivity contribution in [2.45, 2.75) is 6.42 Å². The van der Waals surface area contributed by atoms with Crippen molar-refractivity contribution < 1.29 is 14.4 Å². The molecule has 2 rings (SSSR count). The number of nitrogens with one attached hydrogen (secondary N) is 1. The summed E-state index contributed by atoms with van der Waals surface area (Å²) in [6, 6.07) is 4.76. The number of aromatic carboxylic acids is 1. The summed E-state index contributed by atoms with van der Waals surface area (Å²) < 4.78 is 4.84. The molecule has 0 aliphatic carbocycles. The molecular weight excluding hydrogens is 236 g/mol. The van der Waals surface area contributed by atoms with Gasteiger partial charge < -0.3 is 20.7 Å². The number of carboxylic acid groups (broad SMARTS) is 1. The van der Waals surface area contributed by atoms with Gasteiger partial charge in [-0.1, -0.05) is 5.16 Å². The predicted octanol–water partition coefficient (Wildman–Crippen LogP) is 1.00. The van der Waals surface area contributed by atoms with E-state index in [1.807, 2.05) is 0 Å². The topological polar surface area (TPSA) is 114 Å². The fraction of sp³-hybridized carbons (Fsp3) is 0.182. The molecule has 0 saturated carbocycles. The number of rotatable bonds is 5. The Balaban J connectivity index is 1.97. The number of nitrogen functional groups attached to an aromatic ring is 1. The molecule has 0 fully saturated rings. The van der Waals surface area contributed by atoms with Crippen molar-refractivity contribution in [1.29, 1.82) is 0 Å². The molecular formula is C11H12N4O3. The average Bonchev–Trinajstić information content (AvgIpc) is 2.84. The quantitative estimate of drug-likeness (QED) is 0.676. The number of hydrogen-bond donors (Lipinski definition) is 3. The first-order chi connectivity index (χ1) is 8.66. The smallest absolute Gasteiger partial charge is 0.337 e. The van der Waals surface area contributed by atoms with Crippen molar-refractivity contribution in [3.8, 4) is 0 Å². The number of anilines is 2. The number of carbonyl (C=O) groups is 1. The van der Waals surface area contributed by atoms with Crippen molar-refractivity contribution in [3.63, 3.8) is 0 Å². The lowest BCUT2D eigenvalue weighted by molar-refractivity contribution is 0.0698. The van der Waals surface area contributed by atoms with Crippen LogP contribution in [0.2, 0.25) is 0 Å². The van der Waals surface area contributed by atoms with Crippen LogP contribution in [0.1, 0.15) is 16.2 Å². The zero-order valence-electron chi connectivity index (χ0n) is 9.46. The van der Waals surface area contributed by atoms with Crippen LogP contribution in [0.4, 0.5) is 11.4 Å². The molecule has 94 valence electrons. The first-order valence-electron chi connectivity index (χ1n) is 5.29. The summed E-state index contributed by atoms with van der Waals surface area (Å²) in [6.45, 7) is 0.561. The Morgan fingerprint density at radius 3 is 3.00 bits per heavy atom. The monoisotopic (exact) mass is 248 g/mol. The van der Waals surface area contributed by atoms with Gasteiger partial charge in [-0.15, -0.1) is 0 Å². The van der Waals surface area contributed by atoms with Crippen LogP contribution in [0, 0.1) is 0 Å². The predicted molar refractivity (Wildman–Crippen MR) is 64.3 cm³/mol. The maximum Gasteiger partial charge on any atom is 0.337 e. The van der Waals surface area contributed by atoms with Crippen LogP contribution in [-0.2, 0) is 6.42 Å². The van der Waals surface area contributed by atoms with E-state index in [4.69, 9.17) is 15.4 Å². The number of nitrogens with two attached hydrogens (primary N) is 1. The molecule has 1 aromatic heterocycles. The van der Waals surface area contributed by atoms with Crippen molar-refractivity contribution in [3.05, 3.63) is 36.0 Å². The molecule has 0 aliphatic heterocycles. The van der Waals surface area contributed by atoms with Gasteiger partial charge in [0.25, 0.3) is 0 Å². The van der Waals surface area contributed by atoms with Crippen molar-refractivity contribution in [2.24, 2.45) is 0 Å². The highest BCUT2D eigenvalue weighted by molar-refractivity contribution is 5.94. The third-order valence-corrected chi connectivity index (χ3v) is 2.36. The zero-order valence-corrected chi connectivity index (χ0v) is 9.46. The van der Waals surface area contributed by atoms with Crippen LogP contribution in [-0.4, -0.2) is 27.8 Å². The van der Waals surface area contributed by atoms with Gasteiger partial charge in [-0.05, 0) is 18.2 Å². The molecule has 0 spiro atoms. The molecule has 1 heterocycles. The lowest BCUT2D eigenvalue weighted by atomic mass is 10.1. The number of nitrogens with zero attached hydrogens (tertiary/aromatic N) is 2. The van der Waals surface area contributed by atoms with E-state index in [0.29, 0.717) is 24.5 Å². The molecule has 1 aromatic carbocycles. The van der Waals surface area contributed by atoms with Crippen LogP contribution in [0.5, 0.6) is 0 Å². The highest BCUT2D eigenvalue weighted by Gasteiger charge is 2.08. The van der Waals surface area contributed by atoms with E-state index in [9.17, 15) is 4.79 Å². The summed E-state index contributed by atoms with van der Waals surface area (Å²) in [5.74, 6) is -0.524. The third-order valence-electron chi connectivity index (χ3n) is 2.36. The summed E-state index contributed by atoms with van der Waals surface area (Å²) in [6.07, 6.45) is 1.90. The van der Waals surface area contributed by atoms with E-state index in [1.165, 1.54) is 12.4 Å². The molecule has 0 amide bonds. The van der Waals surface area contributed by atoms with Gasteiger partial charge in [0, 0.05) is 24.3 Å². The molecule has 0 atom stereocenters. The maximum absolute atomic E-state index is 10.9. The minimum absolute atomic E-state index is 0.0813. The van der Waals surface area contributed by atoms with Crippen LogP contribution >= 0.6 is 0 Å². The highest BCUT2D eigenvalue weighted by Crippen LogP contribution is 2.17. The molecule has 0 saturated heterocycles. The summed E-state index contributed by atoms with van der Waals surface area (Å²) >= 11 is 0. The third kappa shape index (κ3) is 2.76. The maximum atomic E-state index is 10.9. The Morgan fingerprint density at radius 1 is 1.50 bits per heavy atom. The second kappa shape index (κ2) is 5.17. The van der Waals surface area contributed by atoms with Crippen LogP contribution < -0.4 is 11.1 Å². The van der Waals surface area contributed by atoms with E-state index >= 15 is 0 Å². The van der Waals surface area contributed by atoms with Gasteiger partial charge in [0.1, 0.15) is 0 Å². The second-order valence-electron chi connectivity index (χ2n) is 3.62. The van der Waals surface area contributed by atoms with Gasteiger partial charge in [-0.2, -0.15) is 4.98 Å². The average molecular weight is 248 g/mol. The lowest BCUT2D eigenvalue weighted by Gasteiger charge is -2.07. The molecule has 0 unspecified atom stereocenters. The van der Waals surface area contributed by atoms with Crippen LogP contribution in [0.3, 0.4) is 0 Å². The van der Waals surface area contributed by atoms with E-state index in [2.05, 4.69) is 15.5 Å². The van der Waals surface area contributed by atoms with Crippen LogP contribution in [0.15, 0.2) is 29.0 Å². The van der Waals surface area contributed by atoms with Crippen molar-refractivity contribution >= 4 is 17.3 Å². The van der Waals surface area contributed by atoms with Crippen LogP contribution in [0.25, 0.3) is 0 Å². The SMILES string of the molecule is Nc1ccc(NCCc2ncno2)cc1C(=O)O. The lowest BCUT2D eigenvalue weighted by Crippen LogP contribution is -2.07. The molecule has 0 bridgehead atoms. The Labute approximate surface area is 103 Å². The first-order valence-corrected chi connectivity index (χ1v) is 5.29. The Hall–Kier alpha value is -2.57. The molecule has 7 nitrogen and oxygen atoms in total. The molecule has 18 heavy (non-hydrogen) atoms. The standard InChI is InChI=1S/C11H12N4O3/c12-9-2-1-7(5-8(9)11(16)17)13-4-3-10-14-6-15-18-10/h1-2,5-6,13H,3-4,12H2,(H,16,17). The number of benzene rings is 1. The molecule has 2 aromatic rings. The Bertz CT molecular complexity index is 539. The van der Waals surface area contributed by atoms with E-state index in [-0.39, 0.29) is 11.3 Å². The largest absolute Gasteiger partial charge is 0.478 e. The molecule has 4 N–H and O–H groups in total. The van der Waals surface area contributed by atoms with Crippen molar-refractivity contribution in [2.75, 3.05) is 17.6 Å². The summed E-state index contributed by atoms with van der Waals surface area (Å²) in [5, 5.41) is 15.5. The van der Waals surface area contributed by atoms with Gasteiger partial charge >= 0.3 is 5.97 Å². The first kappa shape index (κ1) is 11.9. The fourth-order valence-corrected chi connectivity index (χ4v) is 1.47. The Morgan fingerprint density at radius 2 is 2.33 bits per heavy atom. The summed E-state index contributed by atoms with van der Waals surface area (Å²) in [7, 11) is 0. The molecule has 0 aliphatic rings. The van der Waals surface area contributed by atoms with Gasteiger partial charge in [-0.25, -0.2) is 4.79 Å². The van der Waals surface area contributed by atoms with E-state index in [0.717, 1.165) is 0 Å². The van der Waals surface area contributed by atoms with E-state index in [1.54, 1.807) is 12.1 Å². The molecule has 0 radical (unpaired) electrons. The summed E-state index contributed by atoms with van der Waals surface area (Å²) in [5.41, 5.74) is 6.56. The normalized spacial score (nSPS) is 10.2. The van der Waals surface area contributed by atoms with Crippen molar-refractivity contribution in [1.82, 2.24) is 10.1 Å². The Kier molecular flexibility index (Phi) is 3.42. The number of hydrogen-bond acceptors (Lipinski definition) is 6. The minimum Gasteiger partial charge on any atom is -0.478 e. The van der Waals surface area contributed by atoms with Gasteiger partial charge in [-0.3, -0.25) is 0 Å². The van der Waals surface area contributed by atoms with Gasteiger partial charge in [0.2, 0.25) is 5.89 Å². The van der Waals surface area contributed by atoms with Gasteiger partial charge in [0.15, 0.2) is 6.33 Å². The van der Waals surface area contributed by atoms with E-state index < -0.39 is 5.97 Å². The highest BCUT2D eigenvalue weighted by atomic mass is 16.5. The fourth-order valence-electron chi connectivity index (χ4n) is 1.47. The molecule has 7 heteroatoms. The van der Waals surface area contributed by atoms with Gasteiger partial charge in [0.05, 0.1) is 5.56 Å². The second-order valence-corrected chi connectivity index (χ2v) is 3.62. The number of carboxylic acids is 1. The summed E-state index contributed by atoms with van der Waals surface area (Å²) in [4.78, 5) is 14.8. The zero-order chi connectivity index (χ0) is 13.0. The minimum atomic E-state index is -1.05.